The first kappa shape index (κ1) is 17.0. The van der Waals surface area contributed by atoms with Crippen LogP contribution in [0.4, 0.5) is 0 Å². The zero-order valence-electron chi connectivity index (χ0n) is 14.7. The molecule has 1 aliphatic carbocycles. The van der Waals surface area contributed by atoms with E-state index in [1.807, 2.05) is 6.92 Å². The van der Waals surface area contributed by atoms with Crippen LogP contribution < -0.4 is 0 Å². The minimum atomic E-state index is -0.799. The predicted molar refractivity (Wildman–Crippen MR) is 87.7 cm³/mol. The fourth-order valence-electron chi connectivity index (χ4n) is 4.02. The van der Waals surface area contributed by atoms with E-state index in [1.165, 1.54) is 6.92 Å². The van der Waals surface area contributed by atoms with Crippen LogP contribution in [-0.2, 0) is 33.3 Å². The summed E-state index contributed by atoms with van der Waals surface area (Å²) >= 11 is 0. The molecule has 0 saturated carbocycles. The zero-order valence-corrected chi connectivity index (χ0v) is 14.7. The Bertz CT molecular complexity index is 779. The van der Waals surface area contributed by atoms with Gasteiger partial charge >= 0.3 is 17.9 Å². The molecular weight excluding hydrogens is 340 g/mol. The molecule has 0 aromatic carbocycles. The maximum atomic E-state index is 12.2. The summed E-state index contributed by atoms with van der Waals surface area (Å²) in [6.45, 7) is 10.8. The summed E-state index contributed by atoms with van der Waals surface area (Å²) in [4.78, 5) is 36.5. The highest BCUT2D eigenvalue weighted by Crippen LogP contribution is 2.51. The number of esters is 3. The predicted octanol–water partition coefficient (Wildman–Crippen LogP) is 1.38. The van der Waals surface area contributed by atoms with Crippen molar-refractivity contribution < 1.29 is 33.3 Å². The van der Waals surface area contributed by atoms with Gasteiger partial charge in [0.05, 0.1) is 11.5 Å². The Morgan fingerprint density at radius 1 is 1.31 bits per heavy atom. The van der Waals surface area contributed by atoms with Gasteiger partial charge in [-0.25, -0.2) is 14.4 Å². The van der Waals surface area contributed by atoms with Gasteiger partial charge < -0.3 is 18.9 Å². The molecule has 0 amide bonds. The molecule has 0 N–H and O–H groups in total. The van der Waals surface area contributed by atoms with E-state index in [1.54, 1.807) is 6.08 Å². The molecule has 2 fully saturated rings. The number of fused-ring (bicyclic) bond motifs is 4. The molecule has 26 heavy (non-hydrogen) atoms. The number of hydrogen-bond acceptors (Lipinski definition) is 7. The normalized spacial score (nSPS) is 40.6. The molecule has 7 heteroatoms. The summed E-state index contributed by atoms with van der Waals surface area (Å²) in [7, 11) is 0. The van der Waals surface area contributed by atoms with E-state index in [4.69, 9.17) is 18.9 Å². The smallest absolute Gasteiger partial charge is 0.334 e. The second-order valence-electron chi connectivity index (χ2n) is 7.54. The molecule has 3 aliphatic heterocycles. The van der Waals surface area contributed by atoms with Crippen LogP contribution in [0.5, 0.6) is 0 Å². The van der Waals surface area contributed by atoms with E-state index in [-0.39, 0.29) is 23.7 Å². The molecule has 6 atom stereocenters. The number of rotatable bonds is 2. The van der Waals surface area contributed by atoms with Gasteiger partial charge in [0.2, 0.25) is 0 Å². The van der Waals surface area contributed by atoms with Crippen molar-refractivity contribution in [1.82, 2.24) is 0 Å². The molecule has 0 spiro atoms. The second-order valence-corrected chi connectivity index (χ2v) is 7.54. The maximum absolute atomic E-state index is 12.2. The van der Waals surface area contributed by atoms with Gasteiger partial charge in [0.15, 0.2) is 0 Å². The van der Waals surface area contributed by atoms with Crippen molar-refractivity contribution in [3.63, 3.8) is 0 Å². The van der Waals surface area contributed by atoms with Crippen molar-refractivity contribution in [3.05, 3.63) is 36.0 Å². The monoisotopic (exact) mass is 360 g/mol. The molecule has 4 aliphatic rings. The number of ether oxygens (including phenoxy) is 4. The first-order chi connectivity index (χ1) is 12.2. The lowest BCUT2D eigenvalue weighted by Gasteiger charge is -2.27. The first-order valence-electron chi connectivity index (χ1n) is 8.55. The van der Waals surface area contributed by atoms with Crippen LogP contribution in [0, 0.1) is 5.92 Å². The van der Waals surface area contributed by atoms with E-state index < -0.39 is 47.7 Å². The summed E-state index contributed by atoms with van der Waals surface area (Å²) < 4.78 is 22.3. The van der Waals surface area contributed by atoms with Gasteiger partial charge in [0.1, 0.15) is 24.4 Å². The molecule has 2 saturated heterocycles. The van der Waals surface area contributed by atoms with Crippen LogP contribution in [0.1, 0.15) is 26.7 Å². The Morgan fingerprint density at radius 2 is 2.04 bits per heavy atom. The lowest BCUT2D eigenvalue weighted by molar-refractivity contribution is -0.149. The average Bonchev–Trinajstić information content (AvgIpc) is 2.96. The third kappa shape index (κ3) is 2.58. The number of hydrogen-bond donors (Lipinski definition) is 0. The van der Waals surface area contributed by atoms with Crippen LogP contribution in [0.15, 0.2) is 36.0 Å². The lowest BCUT2D eigenvalue weighted by Crippen LogP contribution is -2.39. The summed E-state index contributed by atoms with van der Waals surface area (Å²) in [5.74, 6) is -2.17. The molecule has 138 valence electrons. The van der Waals surface area contributed by atoms with Gasteiger partial charge in [-0.15, -0.1) is 0 Å². The third-order valence-corrected chi connectivity index (χ3v) is 5.44. The van der Waals surface area contributed by atoms with Crippen molar-refractivity contribution in [1.29, 1.82) is 0 Å². The molecule has 0 unspecified atom stereocenters. The van der Waals surface area contributed by atoms with Gasteiger partial charge in [-0.05, 0) is 19.9 Å². The molecule has 0 aromatic heterocycles. The Morgan fingerprint density at radius 3 is 2.73 bits per heavy atom. The van der Waals surface area contributed by atoms with Gasteiger partial charge in [0.25, 0.3) is 0 Å². The van der Waals surface area contributed by atoms with Crippen molar-refractivity contribution in [3.8, 4) is 0 Å². The largest absolute Gasteiger partial charge is 0.458 e. The fourth-order valence-corrected chi connectivity index (χ4v) is 4.02. The van der Waals surface area contributed by atoms with Gasteiger partial charge in [-0.1, -0.05) is 13.2 Å². The van der Waals surface area contributed by atoms with E-state index in [2.05, 4.69) is 13.2 Å². The quantitative estimate of drug-likeness (QED) is 0.318. The summed E-state index contributed by atoms with van der Waals surface area (Å²) in [5.41, 5.74) is 0.285. The summed E-state index contributed by atoms with van der Waals surface area (Å²) in [6.07, 6.45) is 0.167. The van der Waals surface area contributed by atoms with Gasteiger partial charge in [-0.3, -0.25) is 0 Å². The van der Waals surface area contributed by atoms with Gasteiger partial charge in [-0.2, -0.15) is 0 Å². The van der Waals surface area contributed by atoms with Crippen LogP contribution >= 0.6 is 0 Å². The minimum Gasteiger partial charge on any atom is -0.458 e. The SMILES string of the molecule is C=C(C)C(=O)O[C@@H]1CC2=C[C@@H](C[C@@]3(C)O[C@H]3[C@H]3OC(=O)C(=C)[C@@H]31)OC2=O. The Balaban J connectivity index is 1.74. The van der Waals surface area contributed by atoms with E-state index in [0.29, 0.717) is 12.0 Å². The first-order valence-corrected chi connectivity index (χ1v) is 8.55. The molecule has 4 rings (SSSR count). The highest BCUT2D eigenvalue weighted by atomic mass is 16.7. The molecule has 2 bridgehead atoms. The fraction of sp³-hybridized carbons (Fsp3) is 0.526. The molecule has 3 heterocycles. The number of carbonyl (C=O) groups is 3. The topological polar surface area (TPSA) is 91.4 Å². The van der Waals surface area contributed by atoms with Crippen molar-refractivity contribution >= 4 is 17.9 Å². The highest BCUT2D eigenvalue weighted by molar-refractivity contribution is 5.93. The molecular formula is C19H20O7. The van der Waals surface area contributed by atoms with Crippen molar-refractivity contribution in [2.24, 2.45) is 5.92 Å². The number of carbonyl (C=O) groups excluding carboxylic acids is 3. The summed E-state index contributed by atoms with van der Waals surface area (Å²) in [6, 6.07) is 0. The molecule has 7 nitrogen and oxygen atoms in total. The highest BCUT2D eigenvalue weighted by Gasteiger charge is 2.65. The van der Waals surface area contributed by atoms with E-state index >= 15 is 0 Å². The van der Waals surface area contributed by atoms with Crippen molar-refractivity contribution in [2.45, 2.75) is 56.7 Å². The third-order valence-electron chi connectivity index (χ3n) is 5.44. The van der Waals surface area contributed by atoms with Crippen LogP contribution in [0.2, 0.25) is 0 Å². The van der Waals surface area contributed by atoms with Crippen LogP contribution in [-0.4, -0.2) is 47.9 Å². The Kier molecular flexibility index (Phi) is 3.63. The van der Waals surface area contributed by atoms with Crippen molar-refractivity contribution in [2.75, 3.05) is 0 Å². The standard InChI is InChI=1S/C19H20O7/c1-8(2)16(20)24-12-6-10-5-11(23-18(10)22)7-19(4)15(26-19)14-13(12)9(3)17(21)25-14/h5,11-15H,1,3,6-7H2,2,4H3/t11-,12+,13+,14-,15-,19+/m0/s1. The van der Waals surface area contributed by atoms with Gasteiger partial charge in [0, 0.05) is 29.6 Å². The maximum Gasteiger partial charge on any atom is 0.334 e. The minimum absolute atomic E-state index is 0.120. The summed E-state index contributed by atoms with van der Waals surface area (Å²) in [5, 5.41) is 0. The Hall–Kier alpha value is -2.41. The zero-order chi connectivity index (χ0) is 18.8. The number of epoxide rings is 1. The molecule has 0 radical (unpaired) electrons. The lowest BCUT2D eigenvalue weighted by atomic mass is 9.82. The van der Waals surface area contributed by atoms with Crippen LogP contribution in [0.25, 0.3) is 0 Å². The second kappa shape index (κ2) is 5.54. The molecule has 0 aromatic rings. The van der Waals surface area contributed by atoms with Crippen LogP contribution in [0.3, 0.4) is 0 Å². The average molecular weight is 360 g/mol. The van der Waals surface area contributed by atoms with E-state index in [9.17, 15) is 14.4 Å². The van der Waals surface area contributed by atoms with E-state index in [0.717, 1.165) is 0 Å². The Labute approximate surface area is 150 Å².